The topological polar surface area (TPSA) is 100 Å². The van der Waals surface area contributed by atoms with E-state index in [1.165, 1.54) is 0 Å². The van der Waals surface area contributed by atoms with Crippen LogP contribution in [0.4, 0.5) is 5.82 Å². The van der Waals surface area contributed by atoms with Gasteiger partial charge >= 0.3 is 0 Å². The third-order valence-electron chi connectivity index (χ3n) is 4.36. The van der Waals surface area contributed by atoms with Crippen molar-refractivity contribution in [1.29, 1.82) is 10.5 Å². The second kappa shape index (κ2) is 5.80. The van der Waals surface area contributed by atoms with Gasteiger partial charge < -0.3 is 10.5 Å². The number of methoxy groups -OCH3 is 1. The monoisotopic (exact) mass is 339 g/mol. The minimum Gasteiger partial charge on any atom is -0.497 e. The number of hydrogen-bond donors (Lipinski definition) is 1. The number of nitrogen functional groups attached to an aromatic ring is 1. The molecule has 0 aliphatic heterocycles. The highest BCUT2D eigenvalue weighted by Gasteiger charge is 2.22. The first-order valence-corrected chi connectivity index (χ1v) is 7.87. The van der Waals surface area contributed by atoms with Crippen LogP contribution in [-0.2, 0) is 0 Å². The van der Waals surface area contributed by atoms with Crippen molar-refractivity contribution in [2.45, 2.75) is 0 Å². The Labute approximate surface area is 149 Å². The maximum absolute atomic E-state index is 9.86. The van der Waals surface area contributed by atoms with Crippen molar-refractivity contribution in [2.24, 2.45) is 0 Å². The van der Waals surface area contributed by atoms with Crippen LogP contribution in [0.5, 0.6) is 5.75 Å². The van der Waals surface area contributed by atoms with Gasteiger partial charge in [-0.1, -0.05) is 24.3 Å². The van der Waals surface area contributed by atoms with Crippen LogP contribution in [0.25, 0.3) is 27.8 Å². The highest BCUT2D eigenvalue weighted by Crippen LogP contribution is 2.36. The lowest BCUT2D eigenvalue weighted by Gasteiger charge is -2.13. The third-order valence-corrected chi connectivity index (χ3v) is 4.36. The van der Waals surface area contributed by atoms with E-state index >= 15 is 0 Å². The minimum atomic E-state index is 0.241. The quantitative estimate of drug-likeness (QED) is 0.602. The van der Waals surface area contributed by atoms with Crippen LogP contribution >= 0.6 is 0 Å². The average molecular weight is 339 g/mol. The summed E-state index contributed by atoms with van der Waals surface area (Å²) < 4.78 is 6.93. The highest BCUT2D eigenvalue weighted by atomic mass is 16.5. The Kier molecular flexibility index (Phi) is 3.46. The Morgan fingerprint density at radius 3 is 2.54 bits per heavy atom. The highest BCUT2D eigenvalue weighted by molar-refractivity contribution is 5.92. The number of ether oxygens (including phenoxy) is 1. The molecule has 2 heterocycles. The Morgan fingerprint density at radius 2 is 1.81 bits per heavy atom. The Bertz CT molecular complexity index is 1260. The Hall–Kier alpha value is -4.03. The van der Waals surface area contributed by atoms with Crippen LogP contribution in [0.1, 0.15) is 11.1 Å². The molecule has 2 aromatic carbocycles. The maximum atomic E-state index is 9.86. The van der Waals surface area contributed by atoms with Crippen LogP contribution in [0.2, 0.25) is 0 Å². The molecule has 6 nitrogen and oxygen atoms in total. The van der Waals surface area contributed by atoms with Crippen molar-refractivity contribution in [3.63, 3.8) is 0 Å². The van der Waals surface area contributed by atoms with Gasteiger partial charge in [0.15, 0.2) is 5.65 Å². The lowest BCUT2D eigenvalue weighted by atomic mass is 9.96. The molecule has 0 amide bonds. The van der Waals surface area contributed by atoms with Crippen molar-refractivity contribution >= 4 is 22.5 Å². The van der Waals surface area contributed by atoms with Crippen molar-refractivity contribution in [1.82, 2.24) is 9.38 Å². The van der Waals surface area contributed by atoms with Crippen molar-refractivity contribution in [2.75, 3.05) is 12.8 Å². The lowest BCUT2D eigenvalue weighted by Crippen LogP contribution is -2.05. The molecule has 0 saturated carbocycles. The molecule has 124 valence electrons. The van der Waals surface area contributed by atoms with Crippen LogP contribution in [0.3, 0.4) is 0 Å². The number of fused-ring (bicyclic) bond motifs is 3. The van der Waals surface area contributed by atoms with E-state index in [0.717, 1.165) is 5.52 Å². The molecule has 26 heavy (non-hydrogen) atoms. The van der Waals surface area contributed by atoms with Gasteiger partial charge in [0.2, 0.25) is 0 Å². The summed E-state index contributed by atoms with van der Waals surface area (Å²) >= 11 is 0. The molecule has 2 aromatic heterocycles. The van der Waals surface area contributed by atoms with Crippen molar-refractivity contribution < 1.29 is 4.74 Å². The molecule has 4 rings (SSSR count). The summed E-state index contributed by atoms with van der Waals surface area (Å²) in [5.74, 6) is 0.884. The summed E-state index contributed by atoms with van der Waals surface area (Å²) in [7, 11) is 1.56. The molecular formula is C20H13N5O. The van der Waals surface area contributed by atoms with Gasteiger partial charge in [-0.3, -0.25) is 4.40 Å². The van der Waals surface area contributed by atoms with Gasteiger partial charge in [-0.2, -0.15) is 10.5 Å². The number of nitrogens with two attached hydrogens (primary N) is 1. The molecule has 0 atom stereocenters. The zero-order valence-electron chi connectivity index (χ0n) is 13.9. The summed E-state index contributed by atoms with van der Waals surface area (Å²) in [6, 6.07) is 19.0. The van der Waals surface area contributed by atoms with Gasteiger partial charge in [-0.25, -0.2) is 4.98 Å². The van der Waals surface area contributed by atoms with E-state index in [2.05, 4.69) is 17.1 Å². The van der Waals surface area contributed by atoms with Gasteiger partial charge in [-0.15, -0.1) is 0 Å². The molecule has 0 bridgehead atoms. The number of rotatable bonds is 2. The smallest absolute Gasteiger partial charge is 0.158 e. The summed E-state index contributed by atoms with van der Waals surface area (Å²) in [6.45, 7) is 0. The van der Waals surface area contributed by atoms with Gasteiger partial charge in [0.05, 0.1) is 18.1 Å². The summed E-state index contributed by atoms with van der Waals surface area (Å²) in [5.41, 5.74) is 9.92. The van der Waals surface area contributed by atoms with E-state index < -0.39 is 0 Å². The van der Waals surface area contributed by atoms with Crippen LogP contribution < -0.4 is 10.5 Å². The second-order valence-electron chi connectivity index (χ2n) is 5.73. The van der Waals surface area contributed by atoms with Gasteiger partial charge in [-0.05, 0) is 29.8 Å². The lowest BCUT2D eigenvalue weighted by molar-refractivity contribution is 0.415. The van der Waals surface area contributed by atoms with Gasteiger partial charge in [0.25, 0.3) is 0 Å². The van der Waals surface area contributed by atoms with E-state index in [1.807, 2.05) is 30.3 Å². The van der Waals surface area contributed by atoms with Gasteiger partial charge in [0, 0.05) is 5.56 Å². The molecule has 0 saturated heterocycles. The fourth-order valence-corrected chi connectivity index (χ4v) is 3.20. The predicted molar refractivity (Wildman–Crippen MR) is 98.5 cm³/mol. The van der Waals surface area contributed by atoms with Crippen LogP contribution in [0, 0.1) is 22.7 Å². The SMILES string of the molecule is COc1cccc(-c2c(C#N)c(N)n3c(nc4ccccc43)c2C#N)c1. The normalized spacial score (nSPS) is 10.6. The fourth-order valence-electron chi connectivity index (χ4n) is 3.20. The van der Waals surface area contributed by atoms with Crippen LogP contribution in [0.15, 0.2) is 48.5 Å². The van der Waals surface area contributed by atoms with E-state index in [4.69, 9.17) is 10.5 Å². The summed E-state index contributed by atoms with van der Waals surface area (Å²) in [5, 5.41) is 19.6. The average Bonchev–Trinajstić information content (AvgIpc) is 3.07. The molecule has 2 N–H and O–H groups in total. The molecule has 4 aromatic rings. The second-order valence-corrected chi connectivity index (χ2v) is 5.73. The van der Waals surface area contributed by atoms with E-state index in [1.54, 1.807) is 29.7 Å². The zero-order chi connectivity index (χ0) is 18.3. The zero-order valence-corrected chi connectivity index (χ0v) is 13.9. The molecular weight excluding hydrogens is 326 g/mol. The first kappa shape index (κ1) is 15.5. The number of imidazole rings is 1. The molecule has 0 aliphatic carbocycles. The fraction of sp³-hybridized carbons (Fsp3) is 0.0500. The first-order chi connectivity index (χ1) is 12.7. The Morgan fingerprint density at radius 1 is 1.04 bits per heavy atom. The van der Waals surface area contributed by atoms with Crippen molar-refractivity contribution in [3.8, 4) is 29.0 Å². The van der Waals surface area contributed by atoms with Gasteiger partial charge in [0.1, 0.15) is 34.8 Å². The van der Waals surface area contributed by atoms with E-state index in [0.29, 0.717) is 33.6 Å². The number of anilines is 1. The molecule has 0 fully saturated rings. The first-order valence-electron chi connectivity index (χ1n) is 7.87. The number of nitriles is 2. The van der Waals surface area contributed by atoms with Crippen molar-refractivity contribution in [3.05, 3.63) is 59.7 Å². The minimum absolute atomic E-state index is 0.241. The van der Waals surface area contributed by atoms with Crippen LogP contribution in [-0.4, -0.2) is 16.5 Å². The summed E-state index contributed by atoms with van der Waals surface area (Å²) in [4.78, 5) is 4.57. The van der Waals surface area contributed by atoms with E-state index in [-0.39, 0.29) is 11.4 Å². The number of benzene rings is 2. The molecule has 0 unspecified atom stereocenters. The number of aromatic nitrogens is 2. The predicted octanol–water partition coefficient (Wildman–Crippen LogP) is 3.49. The molecule has 0 spiro atoms. The molecule has 0 aliphatic rings. The number of hydrogen-bond acceptors (Lipinski definition) is 5. The standard InChI is InChI=1S/C20H13N5O/c1-26-13-6-4-5-12(9-13)18-14(10-21)19(23)25-17-8-3-2-7-16(17)24-20(25)15(18)11-22/h2-9H,23H2,1H3. The summed E-state index contributed by atoms with van der Waals surface area (Å²) in [6.07, 6.45) is 0. The number of pyridine rings is 1. The Balaban J connectivity index is 2.22. The number of para-hydroxylation sites is 2. The molecule has 0 radical (unpaired) electrons. The largest absolute Gasteiger partial charge is 0.497 e. The third kappa shape index (κ3) is 2.07. The number of nitrogens with zero attached hydrogens (tertiary/aromatic N) is 4. The maximum Gasteiger partial charge on any atom is 0.158 e. The van der Waals surface area contributed by atoms with E-state index in [9.17, 15) is 10.5 Å². The molecule has 6 heteroatoms.